The van der Waals surface area contributed by atoms with Crippen molar-refractivity contribution in [2.24, 2.45) is 0 Å². The van der Waals surface area contributed by atoms with Crippen molar-refractivity contribution in [1.29, 1.82) is 0 Å². The first kappa shape index (κ1) is 19.1. The van der Waals surface area contributed by atoms with Crippen molar-refractivity contribution >= 4 is 17.6 Å². The molecule has 0 unspecified atom stereocenters. The standard InChI is InChI=1S/C23H20N4O4/c28-21(24-23-26-25-22(31-23)20-5-2-12-30-20)18-4-1-3-17(15-18)16-6-8-19(9-7-16)27-10-13-29-14-11-27/h1-9,12,15H,10-11,13-14H2,(H,24,26,28). The number of morpholine rings is 1. The third-order valence-corrected chi connectivity index (χ3v) is 5.08. The first-order valence-corrected chi connectivity index (χ1v) is 9.98. The van der Waals surface area contributed by atoms with E-state index >= 15 is 0 Å². The highest BCUT2D eigenvalue weighted by molar-refractivity contribution is 6.03. The van der Waals surface area contributed by atoms with Crippen molar-refractivity contribution < 1.29 is 18.4 Å². The molecule has 8 nitrogen and oxygen atoms in total. The van der Waals surface area contributed by atoms with Crippen molar-refractivity contribution in [1.82, 2.24) is 10.2 Å². The Bertz CT molecular complexity index is 1160. The number of hydrogen-bond donors (Lipinski definition) is 1. The van der Waals surface area contributed by atoms with Crippen LogP contribution in [0.3, 0.4) is 0 Å². The Morgan fingerprint density at radius 2 is 1.77 bits per heavy atom. The number of anilines is 2. The zero-order valence-corrected chi connectivity index (χ0v) is 16.7. The second-order valence-electron chi connectivity index (χ2n) is 7.07. The number of aromatic nitrogens is 2. The van der Waals surface area contributed by atoms with E-state index in [0.717, 1.165) is 37.4 Å². The summed E-state index contributed by atoms with van der Waals surface area (Å²) in [6.07, 6.45) is 1.51. The van der Waals surface area contributed by atoms with E-state index in [1.54, 1.807) is 18.2 Å². The van der Waals surface area contributed by atoms with Gasteiger partial charge in [-0.3, -0.25) is 10.1 Å². The molecule has 8 heteroatoms. The van der Waals surface area contributed by atoms with Gasteiger partial charge in [-0.1, -0.05) is 29.4 Å². The Labute approximate surface area is 178 Å². The van der Waals surface area contributed by atoms with Crippen LogP contribution in [0.5, 0.6) is 0 Å². The normalized spacial score (nSPS) is 13.9. The van der Waals surface area contributed by atoms with E-state index in [1.807, 2.05) is 18.2 Å². The largest absolute Gasteiger partial charge is 0.459 e. The molecule has 0 radical (unpaired) electrons. The van der Waals surface area contributed by atoms with Gasteiger partial charge in [-0.25, -0.2) is 0 Å². The van der Waals surface area contributed by atoms with Crippen molar-refractivity contribution in [3.8, 4) is 22.8 Å². The van der Waals surface area contributed by atoms with Crippen molar-refractivity contribution in [3.63, 3.8) is 0 Å². The minimum atomic E-state index is -0.332. The van der Waals surface area contributed by atoms with E-state index in [4.69, 9.17) is 13.6 Å². The van der Waals surface area contributed by atoms with Crippen molar-refractivity contribution in [3.05, 3.63) is 72.5 Å². The zero-order chi connectivity index (χ0) is 21.0. The molecule has 1 amide bonds. The van der Waals surface area contributed by atoms with Gasteiger partial charge in [-0.15, -0.1) is 5.10 Å². The van der Waals surface area contributed by atoms with Gasteiger partial charge >= 0.3 is 6.01 Å². The van der Waals surface area contributed by atoms with E-state index in [9.17, 15) is 4.79 Å². The fourth-order valence-electron chi connectivity index (χ4n) is 3.47. The van der Waals surface area contributed by atoms with Crippen LogP contribution in [0, 0.1) is 0 Å². The van der Waals surface area contributed by atoms with Gasteiger partial charge in [-0.05, 0) is 47.5 Å². The van der Waals surface area contributed by atoms with E-state index in [0.29, 0.717) is 11.3 Å². The molecule has 0 saturated carbocycles. The Balaban J connectivity index is 1.30. The SMILES string of the molecule is O=C(Nc1nnc(-c2ccco2)o1)c1cccc(-c2ccc(N3CCOCC3)cc2)c1. The smallest absolute Gasteiger partial charge is 0.322 e. The summed E-state index contributed by atoms with van der Waals surface area (Å²) < 4.78 is 16.1. The van der Waals surface area contributed by atoms with Crippen LogP contribution in [0.15, 0.2) is 75.8 Å². The van der Waals surface area contributed by atoms with E-state index in [-0.39, 0.29) is 17.8 Å². The number of rotatable bonds is 5. The number of hydrogen-bond acceptors (Lipinski definition) is 7. The number of benzene rings is 2. The molecule has 1 aliphatic heterocycles. The van der Waals surface area contributed by atoms with Crippen LogP contribution < -0.4 is 10.2 Å². The summed E-state index contributed by atoms with van der Waals surface area (Å²) in [6.45, 7) is 3.29. The summed E-state index contributed by atoms with van der Waals surface area (Å²) in [4.78, 5) is 15.0. The number of nitrogens with zero attached hydrogens (tertiary/aromatic N) is 3. The number of nitrogens with one attached hydrogen (secondary N) is 1. The molecule has 5 rings (SSSR count). The lowest BCUT2D eigenvalue weighted by Gasteiger charge is -2.28. The Hall–Kier alpha value is -3.91. The van der Waals surface area contributed by atoms with Crippen LogP contribution >= 0.6 is 0 Å². The molecular weight excluding hydrogens is 396 g/mol. The van der Waals surface area contributed by atoms with Gasteiger partial charge < -0.3 is 18.5 Å². The Morgan fingerprint density at radius 3 is 2.55 bits per heavy atom. The summed E-state index contributed by atoms with van der Waals surface area (Å²) in [6, 6.07) is 19.2. The van der Waals surface area contributed by atoms with Crippen LogP contribution in [-0.4, -0.2) is 42.4 Å². The lowest BCUT2D eigenvalue weighted by atomic mass is 10.0. The van der Waals surface area contributed by atoms with Gasteiger partial charge in [0.15, 0.2) is 5.76 Å². The Kier molecular flexibility index (Phi) is 5.20. The lowest BCUT2D eigenvalue weighted by molar-refractivity contribution is 0.102. The third kappa shape index (κ3) is 4.19. The summed E-state index contributed by atoms with van der Waals surface area (Å²) in [5, 5.41) is 10.4. The van der Waals surface area contributed by atoms with E-state index < -0.39 is 0 Å². The number of furan rings is 1. The molecule has 2 aromatic heterocycles. The predicted molar refractivity (Wildman–Crippen MR) is 115 cm³/mol. The molecule has 1 fully saturated rings. The van der Waals surface area contributed by atoms with Crippen molar-refractivity contribution in [2.75, 3.05) is 36.5 Å². The van der Waals surface area contributed by atoms with Crippen LogP contribution in [0.2, 0.25) is 0 Å². The van der Waals surface area contributed by atoms with Gasteiger partial charge in [-0.2, -0.15) is 0 Å². The molecule has 4 aromatic rings. The molecule has 1 aliphatic rings. The van der Waals surface area contributed by atoms with Gasteiger partial charge in [0, 0.05) is 24.3 Å². The maximum absolute atomic E-state index is 12.7. The molecular formula is C23H20N4O4. The molecule has 0 spiro atoms. The number of carbonyl (C=O) groups is 1. The topological polar surface area (TPSA) is 93.6 Å². The Morgan fingerprint density at radius 1 is 0.935 bits per heavy atom. The molecule has 1 saturated heterocycles. The number of ether oxygens (including phenoxy) is 1. The minimum Gasteiger partial charge on any atom is -0.459 e. The van der Waals surface area contributed by atoms with Gasteiger partial charge in [0.2, 0.25) is 0 Å². The molecule has 2 aromatic carbocycles. The average molecular weight is 416 g/mol. The van der Waals surface area contributed by atoms with Crippen molar-refractivity contribution in [2.45, 2.75) is 0 Å². The molecule has 0 atom stereocenters. The van der Waals surface area contributed by atoms with Crippen LogP contribution in [0.4, 0.5) is 11.7 Å². The third-order valence-electron chi connectivity index (χ3n) is 5.08. The monoisotopic (exact) mass is 416 g/mol. The number of carbonyl (C=O) groups excluding carboxylic acids is 1. The lowest BCUT2D eigenvalue weighted by Crippen LogP contribution is -2.36. The maximum Gasteiger partial charge on any atom is 0.322 e. The molecule has 31 heavy (non-hydrogen) atoms. The fraction of sp³-hybridized carbons (Fsp3) is 0.174. The van der Waals surface area contributed by atoms with E-state index in [2.05, 4.69) is 44.7 Å². The van der Waals surface area contributed by atoms with Crippen LogP contribution in [0.25, 0.3) is 22.8 Å². The first-order valence-electron chi connectivity index (χ1n) is 9.98. The second kappa shape index (κ2) is 8.45. The summed E-state index contributed by atoms with van der Waals surface area (Å²) in [5.41, 5.74) is 3.64. The quantitative estimate of drug-likeness (QED) is 0.524. The number of amides is 1. The zero-order valence-electron chi connectivity index (χ0n) is 16.7. The maximum atomic E-state index is 12.7. The predicted octanol–water partition coefficient (Wildman–Crippen LogP) is 4.09. The van der Waals surface area contributed by atoms with Crippen LogP contribution in [0.1, 0.15) is 10.4 Å². The van der Waals surface area contributed by atoms with Gasteiger partial charge in [0.25, 0.3) is 11.8 Å². The highest BCUT2D eigenvalue weighted by atomic mass is 16.5. The minimum absolute atomic E-state index is 0.0108. The van der Waals surface area contributed by atoms with Crippen LogP contribution in [-0.2, 0) is 4.74 Å². The highest BCUT2D eigenvalue weighted by Gasteiger charge is 2.15. The molecule has 3 heterocycles. The molecule has 156 valence electrons. The first-order chi connectivity index (χ1) is 15.3. The summed E-state index contributed by atoms with van der Waals surface area (Å²) in [7, 11) is 0. The van der Waals surface area contributed by atoms with E-state index in [1.165, 1.54) is 12.0 Å². The fourth-order valence-corrected chi connectivity index (χ4v) is 3.47. The molecule has 1 N–H and O–H groups in total. The van der Waals surface area contributed by atoms with Gasteiger partial charge in [0.05, 0.1) is 19.5 Å². The second-order valence-corrected chi connectivity index (χ2v) is 7.07. The summed E-state index contributed by atoms with van der Waals surface area (Å²) >= 11 is 0. The molecule has 0 bridgehead atoms. The summed E-state index contributed by atoms with van der Waals surface area (Å²) in [5.74, 6) is 0.311. The molecule has 0 aliphatic carbocycles. The average Bonchev–Trinajstić information content (AvgIpc) is 3.52. The van der Waals surface area contributed by atoms with Gasteiger partial charge in [0.1, 0.15) is 0 Å². The highest BCUT2D eigenvalue weighted by Crippen LogP contribution is 2.25.